The second kappa shape index (κ2) is 61.6. The highest BCUT2D eigenvalue weighted by Gasteiger charge is 2.20. The molecule has 0 spiro atoms. The van der Waals surface area contributed by atoms with Crippen LogP contribution in [0.15, 0.2) is 0 Å². The molecule has 446 valence electrons. The molecule has 2 atom stereocenters. The van der Waals surface area contributed by atoms with Crippen LogP contribution in [0.2, 0.25) is 0 Å². The third-order valence-corrected chi connectivity index (χ3v) is 16.3. The summed E-state index contributed by atoms with van der Waals surface area (Å²) in [4.78, 5) is 38.4. The number of ether oxygens (including phenoxy) is 3. The normalized spacial score (nSPS) is 12.4. The van der Waals surface area contributed by atoms with Gasteiger partial charge in [-0.3, -0.25) is 14.4 Å². The predicted molar refractivity (Wildman–Crippen MR) is 326 cm³/mol. The van der Waals surface area contributed by atoms with Gasteiger partial charge in [0.1, 0.15) is 13.2 Å². The van der Waals surface area contributed by atoms with Gasteiger partial charge in [-0.25, -0.2) is 0 Å². The van der Waals surface area contributed by atoms with Crippen LogP contribution in [0.4, 0.5) is 0 Å². The molecule has 0 amide bonds. The van der Waals surface area contributed by atoms with E-state index in [1.54, 1.807) is 0 Å². The molecule has 0 rings (SSSR count). The Labute approximate surface area is 469 Å². The van der Waals surface area contributed by atoms with E-state index in [0.29, 0.717) is 19.3 Å². The third-order valence-electron chi connectivity index (χ3n) is 16.3. The van der Waals surface area contributed by atoms with Gasteiger partial charge in [-0.2, -0.15) is 0 Å². The summed E-state index contributed by atoms with van der Waals surface area (Å²) in [7, 11) is 0. The minimum atomic E-state index is -0.764. The molecule has 0 aliphatic heterocycles. The Bertz CT molecular complexity index is 1150. The van der Waals surface area contributed by atoms with Gasteiger partial charge in [-0.1, -0.05) is 356 Å². The number of esters is 3. The monoisotopic (exact) mass is 1060 g/mol. The van der Waals surface area contributed by atoms with Crippen molar-refractivity contribution in [2.24, 2.45) is 11.8 Å². The molecule has 75 heavy (non-hydrogen) atoms. The van der Waals surface area contributed by atoms with E-state index in [1.807, 2.05) is 0 Å². The fourth-order valence-electron chi connectivity index (χ4n) is 10.8. The van der Waals surface area contributed by atoms with Gasteiger partial charge in [0.05, 0.1) is 0 Å². The van der Waals surface area contributed by atoms with Gasteiger partial charge in [-0.05, 0) is 31.1 Å². The van der Waals surface area contributed by atoms with Gasteiger partial charge in [0.25, 0.3) is 0 Å². The van der Waals surface area contributed by atoms with Crippen LogP contribution in [-0.4, -0.2) is 37.2 Å². The minimum absolute atomic E-state index is 0.0613. The molecule has 6 heteroatoms. The van der Waals surface area contributed by atoms with E-state index in [1.165, 1.54) is 283 Å². The number of carbonyl (C=O) groups is 3. The summed E-state index contributed by atoms with van der Waals surface area (Å²) in [6, 6.07) is 0. The fourth-order valence-corrected chi connectivity index (χ4v) is 10.8. The van der Waals surface area contributed by atoms with E-state index in [0.717, 1.165) is 69.6 Å². The maximum atomic E-state index is 12.9. The van der Waals surface area contributed by atoms with Gasteiger partial charge in [-0.15, -0.1) is 0 Å². The molecule has 0 saturated carbocycles. The molecule has 0 saturated heterocycles. The Balaban J connectivity index is 4.26. The van der Waals surface area contributed by atoms with E-state index in [-0.39, 0.29) is 31.1 Å². The Morgan fingerprint density at radius 1 is 0.280 bits per heavy atom. The molecule has 0 heterocycles. The first-order valence-electron chi connectivity index (χ1n) is 34.3. The van der Waals surface area contributed by atoms with E-state index in [9.17, 15) is 14.4 Å². The summed E-state index contributed by atoms with van der Waals surface area (Å²) < 4.78 is 17.0. The Hall–Kier alpha value is -1.59. The highest BCUT2D eigenvalue weighted by atomic mass is 16.6. The molecular weight excluding hydrogens is 925 g/mol. The van der Waals surface area contributed by atoms with Crippen molar-refractivity contribution < 1.29 is 28.6 Å². The topological polar surface area (TPSA) is 78.9 Å². The average molecular weight is 1060 g/mol. The molecule has 1 unspecified atom stereocenters. The van der Waals surface area contributed by atoms with Crippen molar-refractivity contribution in [3.8, 4) is 0 Å². The lowest BCUT2D eigenvalue weighted by Gasteiger charge is -2.18. The zero-order valence-electron chi connectivity index (χ0n) is 51.7. The van der Waals surface area contributed by atoms with Gasteiger partial charge in [0.15, 0.2) is 6.10 Å². The van der Waals surface area contributed by atoms with Crippen molar-refractivity contribution in [1.82, 2.24) is 0 Å². The molecule has 0 aromatic rings. The first-order valence-corrected chi connectivity index (χ1v) is 34.3. The molecule has 0 N–H and O–H groups in total. The highest BCUT2D eigenvalue weighted by molar-refractivity contribution is 5.71. The molecule has 0 aromatic heterocycles. The van der Waals surface area contributed by atoms with Gasteiger partial charge in [0, 0.05) is 19.3 Å². The lowest BCUT2D eigenvalue weighted by Crippen LogP contribution is -2.30. The van der Waals surface area contributed by atoms with Crippen LogP contribution in [0.1, 0.15) is 394 Å². The van der Waals surface area contributed by atoms with E-state index < -0.39 is 6.10 Å². The summed E-state index contributed by atoms with van der Waals surface area (Å²) in [6.45, 7) is 11.5. The van der Waals surface area contributed by atoms with Gasteiger partial charge in [0.2, 0.25) is 0 Å². The Morgan fingerprint density at radius 3 is 0.760 bits per heavy atom. The van der Waals surface area contributed by atoms with Gasteiger partial charge < -0.3 is 14.2 Å². The fraction of sp³-hybridized carbons (Fsp3) is 0.957. The second-order valence-electron chi connectivity index (χ2n) is 24.5. The molecular formula is C69H134O6. The predicted octanol–water partition coefficient (Wildman–Crippen LogP) is 23.2. The maximum absolute atomic E-state index is 12.9. The van der Waals surface area contributed by atoms with Crippen LogP contribution in [0.5, 0.6) is 0 Å². The lowest BCUT2D eigenvalue weighted by molar-refractivity contribution is -0.167. The summed E-state index contributed by atoms with van der Waals surface area (Å²) in [5.41, 5.74) is 0. The molecule has 0 aliphatic rings. The van der Waals surface area contributed by atoms with Crippen molar-refractivity contribution in [2.75, 3.05) is 13.2 Å². The summed E-state index contributed by atoms with van der Waals surface area (Å²) in [6.07, 6.45) is 69.6. The summed E-state index contributed by atoms with van der Waals surface area (Å²) in [5.74, 6) is 0.933. The van der Waals surface area contributed by atoms with E-state index in [4.69, 9.17) is 14.2 Å². The molecule has 6 nitrogen and oxygen atoms in total. The largest absolute Gasteiger partial charge is 0.462 e. The van der Waals surface area contributed by atoms with E-state index in [2.05, 4.69) is 34.6 Å². The van der Waals surface area contributed by atoms with E-state index >= 15 is 0 Å². The van der Waals surface area contributed by atoms with Gasteiger partial charge >= 0.3 is 17.9 Å². The Morgan fingerprint density at radius 2 is 0.507 bits per heavy atom. The van der Waals surface area contributed by atoms with Crippen molar-refractivity contribution >= 4 is 17.9 Å². The van der Waals surface area contributed by atoms with Crippen molar-refractivity contribution in [1.29, 1.82) is 0 Å². The number of unbranched alkanes of at least 4 members (excludes halogenated alkanes) is 47. The highest BCUT2D eigenvalue weighted by Crippen LogP contribution is 2.20. The van der Waals surface area contributed by atoms with Crippen molar-refractivity contribution in [3.63, 3.8) is 0 Å². The SMILES string of the molecule is CCCCCCCCCCCCCCCCCCCC(=O)O[C@@H](COC(=O)CCCCCCCCCCCCCCCCCCCCC(C)CC)COC(=O)CCCCCCCCCCCCCCCCCC(C)C. The quantitative estimate of drug-likeness (QED) is 0.0343. The molecule has 0 fully saturated rings. The smallest absolute Gasteiger partial charge is 0.306 e. The van der Waals surface area contributed by atoms with Crippen LogP contribution >= 0.6 is 0 Å². The second-order valence-corrected chi connectivity index (χ2v) is 24.5. The van der Waals surface area contributed by atoms with Crippen LogP contribution in [0.25, 0.3) is 0 Å². The van der Waals surface area contributed by atoms with Crippen LogP contribution in [0, 0.1) is 11.8 Å². The molecule has 0 bridgehead atoms. The molecule has 0 aliphatic carbocycles. The average Bonchev–Trinajstić information content (AvgIpc) is 3.40. The lowest BCUT2D eigenvalue weighted by atomic mass is 9.99. The number of hydrogen-bond acceptors (Lipinski definition) is 6. The summed E-state index contributed by atoms with van der Waals surface area (Å²) in [5, 5.41) is 0. The third kappa shape index (κ3) is 61.5. The standard InChI is InChI=1S/C69H134O6/c1-6-8-9-10-11-12-13-14-15-18-25-31-36-41-46-51-56-61-69(72)75-66(63-74-68(71)60-55-50-45-40-35-30-26-21-22-27-32-37-42-47-52-57-64(3)4)62-73-67(70)59-54-49-44-39-34-29-24-20-17-16-19-23-28-33-38-43-48-53-58-65(5)7-2/h64-66H,6-63H2,1-5H3/t65?,66-/m0/s1. The molecule has 0 aromatic carbocycles. The van der Waals surface area contributed by atoms with Crippen LogP contribution in [-0.2, 0) is 28.6 Å². The Kier molecular flexibility index (Phi) is 60.3. The number of carbonyl (C=O) groups excluding carboxylic acids is 3. The molecule has 0 radical (unpaired) electrons. The van der Waals surface area contributed by atoms with Crippen LogP contribution < -0.4 is 0 Å². The van der Waals surface area contributed by atoms with Crippen molar-refractivity contribution in [2.45, 2.75) is 400 Å². The zero-order valence-corrected chi connectivity index (χ0v) is 51.7. The number of rotatable bonds is 63. The summed E-state index contributed by atoms with van der Waals surface area (Å²) >= 11 is 0. The first kappa shape index (κ1) is 73.4. The number of hydrogen-bond donors (Lipinski definition) is 0. The minimum Gasteiger partial charge on any atom is -0.462 e. The zero-order chi connectivity index (χ0) is 54.6. The van der Waals surface area contributed by atoms with Crippen LogP contribution in [0.3, 0.4) is 0 Å². The first-order chi connectivity index (χ1) is 36.8. The maximum Gasteiger partial charge on any atom is 0.306 e. The van der Waals surface area contributed by atoms with Crippen molar-refractivity contribution in [3.05, 3.63) is 0 Å².